The molecule has 1 aliphatic carbocycles. The van der Waals surface area contributed by atoms with E-state index in [-0.39, 0.29) is 24.7 Å². The molecule has 4 nitrogen and oxygen atoms in total. The number of carbonyl (C=O) groups is 1. The smallest absolute Gasteiger partial charge is 0.246 e. The van der Waals surface area contributed by atoms with Gasteiger partial charge in [-0.25, -0.2) is 0 Å². The first kappa shape index (κ1) is 12.5. The van der Waals surface area contributed by atoms with Gasteiger partial charge in [0.05, 0.1) is 12.1 Å². The van der Waals surface area contributed by atoms with Crippen LogP contribution in [-0.4, -0.2) is 36.4 Å². The van der Waals surface area contributed by atoms with E-state index in [1.54, 1.807) is 0 Å². The summed E-state index contributed by atoms with van der Waals surface area (Å²) in [5.41, 5.74) is 0. The van der Waals surface area contributed by atoms with Crippen LogP contribution in [0.25, 0.3) is 0 Å². The van der Waals surface area contributed by atoms with Gasteiger partial charge in [0.25, 0.3) is 0 Å². The predicted octanol–water partition coefficient (Wildman–Crippen LogP) is 0.833. The molecule has 1 saturated carbocycles. The van der Waals surface area contributed by atoms with Crippen LogP contribution in [0.5, 0.6) is 0 Å². The molecule has 0 heterocycles. The zero-order chi connectivity index (χ0) is 11.1. The normalized spacial score (nSPS) is 26.3. The van der Waals surface area contributed by atoms with Crippen LogP contribution in [0.4, 0.5) is 0 Å². The molecular weight excluding hydrogens is 194 g/mol. The molecule has 0 radical (unpaired) electrons. The Hall–Kier alpha value is -0.610. The Bertz CT molecular complexity index is 196. The van der Waals surface area contributed by atoms with Crippen molar-refractivity contribution < 1.29 is 14.6 Å². The molecule has 1 rings (SSSR count). The number of amides is 1. The lowest BCUT2D eigenvalue weighted by atomic mass is 9.92. The zero-order valence-electron chi connectivity index (χ0n) is 9.37. The summed E-state index contributed by atoms with van der Waals surface area (Å²) < 4.78 is 5.13. The summed E-state index contributed by atoms with van der Waals surface area (Å²) in [6.07, 6.45) is 4.34. The fraction of sp³-hybridized carbons (Fsp3) is 0.909. The third-order valence-electron chi connectivity index (χ3n) is 2.66. The van der Waals surface area contributed by atoms with Crippen molar-refractivity contribution in [2.45, 2.75) is 51.2 Å². The Morgan fingerprint density at radius 3 is 2.87 bits per heavy atom. The van der Waals surface area contributed by atoms with Gasteiger partial charge in [0.15, 0.2) is 0 Å². The van der Waals surface area contributed by atoms with Gasteiger partial charge < -0.3 is 15.2 Å². The number of aliphatic hydroxyl groups excluding tert-OH is 1. The largest absolute Gasteiger partial charge is 0.391 e. The molecular formula is C11H21NO3. The average molecular weight is 215 g/mol. The minimum atomic E-state index is -0.381. The van der Waals surface area contributed by atoms with E-state index < -0.39 is 0 Å². The number of rotatable bonds is 5. The van der Waals surface area contributed by atoms with Gasteiger partial charge in [0.1, 0.15) is 6.61 Å². The highest BCUT2D eigenvalue weighted by atomic mass is 16.5. The highest BCUT2D eigenvalue weighted by Crippen LogP contribution is 2.18. The molecule has 4 heteroatoms. The maximum Gasteiger partial charge on any atom is 0.246 e. The maximum atomic E-state index is 11.4. The molecule has 0 saturated heterocycles. The van der Waals surface area contributed by atoms with Crippen molar-refractivity contribution in [1.29, 1.82) is 0 Å². The minimum absolute atomic E-state index is 0.0727. The topological polar surface area (TPSA) is 58.6 Å². The molecule has 0 bridgehead atoms. The molecule has 1 fully saturated rings. The average Bonchev–Trinajstić information content (AvgIpc) is 2.22. The van der Waals surface area contributed by atoms with Crippen molar-refractivity contribution in [2.75, 3.05) is 13.2 Å². The lowest BCUT2D eigenvalue weighted by molar-refractivity contribution is -0.127. The molecule has 0 aromatic carbocycles. The highest BCUT2D eigenvalue weighted by Gasteiger charge is 2.24. The van der Waals surface area contributed by atoms with E-state index in [0.29, 0.717) is 6.61 Å². The van der Waals surface area contributed by atoms with Gasteiger partial charge in [-0.1, -0.05) is 19.8 Å². The van der Waals surface area contributed by atoms with E-state index >= 15 is 0 Å². The van der Waals surface area contributed by atoms with Crippen LogP contribution < -0.4 is 5.32 Å². The third kappa shape index (κ3) is 4.62. The lowest BCUT2D eigenvalue weighted by Gasteiger charge is -2.28. The molecule has 1 amide bonds. The molecule has 1 aliphatic rings. The van der Waals surface area contributed by atoms with Gasteiger partial charge in [-0.05, 0) is 19.3 Å². The predicted molar refractivity (Wildman–Crippen MR) is 57.5 cm³/mol. The van der Waals surface area contributed by atoms with Crippen LogP contribution in [0, 0.1) is 0 Å². The number of carbonyl (C=O) groups excluding carboxylic acids is 1. The van der Waals surface area contributed by atoms with Crippen molar-refractivity contribution in [3.8, 4) is 0 Å². The van der Waals surface area contributed by atoms with Crippen LogP contribution in [-0.2, 0) is 9.53 Å². The minimum Gasteiger partial charge on any atom is -0.391 e. The van der Waals surface area contributed by atoms with Gasteiger partial charge in [-0.15, -0.1) is 0 Å². The Labute approximate surface area is 91.0 Å². The second-order valence-corrected chi connectivity index (χ2v) is 4.08. The van der Waals surface area contributed by atoms with E-state index in [1.807, 2.05) is 6.92 Å². The van der Waals surface area contributed by atoms with E-state index in [9.17, 15) is 9.90 Å². The third-order valence-corrected chi connectivity index (χ3v) is 2.66. The molecule has 2 N–H and O–H groups in total. The molecule has 0 spiro atoms. The summed E-state index contributed by atoms with van der Waals surface area (Å²) in [6.45, 7) is 2.72. The monoisotopic (exact) mass is 215 g/mol. The fourth-order valence-corrected chi connectivity index (χ4v) is 1.84. The number of aliphatic hydroxyl groups is 1. The number of ether oxygens (including phenoxy) is 1. The molecule has 2 atom stereocenters. The Morgan fingerprint density at radius 1 is 1.47 bits per heavy atom. The van der Waals surface area contributed by atoms with E-state index in [0.717, 1.165) is 32.1 Å². The number of hydrogen-bond acceptors (Lipinski definition) is 3. The number of nitrogens with one attached hydrogen (secondary N) is 1. The SMILES string of the molecule is CCCOCC(=O)N[C@H]1CCCC[C@@H]1O. The molecule has 0 aromatic heterocycles. The van der Waals surface area contributed by atoms with E-state index in [2.05, 4.69) is 5.32 Å². The summed E-state index contributed by atoms with van der Waals surface area (Å²) in [4.78, 5) is 11.4. The molecule has 15 heavy (non-hydrogen) atoms. The van der Waals surface area contributed by atoms with Gasteiger partial charge >= 0.3 is 0 Å². The lowest BCUT2D eigenvalue weighted by Crippen LogP contribution is -2.46. The second-order valence-electron chi connectivity index (χ2n) is 4.08. The summed E-state index contributed by atoms with van der Waals surface area (Å²) in [5.74, 6) is -0.116. The first-order valence-corrected chi connectivity index (χ1v) is 5.79. The van der Waals surface area contributed by atoms with Crippen molar-refractivity contribution in [1.82, 2.24) is 5.32 Å². The van der Waals surface area contributed by atoms with E-state index in [4.69, 9.17) is 4.74 Å². The second kappa shape index (κ2) is 6.80. The van der Waals surface area contributed by atoms with Crippen LogP contribution in [0.3, 0.4) is 0 Å². The van der Waals surface area contributed by atoms with Gasteiger partial charge in [-0.2, -0.15) is 0 Å². The Balaban J connectivity index is 2.18. The summed E-state index contributed by atoms with van der Waals surface area (Å²) in [7, 11) is 0. The van der Waals surface area contributed by atoms with Crippen LogP contribution in [0.1, 0.15) is 39.0 Å². The summed E-state index contributed by atoms with van der Waals surface area (Å²) in [6, 6.07) is -0.0727. The van der Waals surface area contributed by atoms with E-state index in [1.165, 1.54) is 0 Å². The van der Waals surface area contributed by atoms with Crippen LogP contribution in [0.2, 0.25) is 0 Å². The standard InChI is InChI=1S/C11H21NO3/c1-2-7-15-8-11(14)12-9-5-3-4-6-10(9)13/h9-10,13H,2-8H2,1H3,(H,12,14)/t9-,10-/m0/s1. The summed E-state index contributed by atoms with van der Waals surface area (Å²) in [5, 5.41) is 12.4. The Morgan fingerprint density at radius 2 is 2.20 bits per heavy atom. The molecule has 0 aromatic rings. The Kier molecular flexibility index (Phi) is 5.65. The van der Waals surface area contributed by atoms with Crippen molar-refractivity contribution in [3.05, 3.63) is 0 Å². The maximum absolute atomic E-state index is 11.4. The molecule has 88 valence electrons. The van der Waals surface area contributed by atoms with Crippen molar-refractivity contribution >= 4 is 5.91 Å². The van der Waals surface area contributed by atoms with Crippen molar-refractivity contribution in [3.63, 3.8) is 0 Å². The van der Waals surface area contributed by atoms with Crippen LogP contribution in [0.15, 0.2) is 0 Å². The molecule has 0 unspecified atom stereocenters. The first-order valence-electron chi connectivity index (χ1n) is 5.79. The summed E-state index contributed by atoms with van der Waals surface area (Å²) >= 11 is 0. The van der Waals surface area contributed by atoms with Gasteiger partial charge in [-0.3, -0.25) is 4.79 Å². The van der Waals surface area contributed by atoms with Gasteiger partial charge in [0, 0.05) is 6.61 Å². The number of hydrogen-bond donors (Lipinski definition) is 2. The first-order chi connectivity index (χ1) is 7.24. The van der Waals surface area contributed by atoms with Crippen LogP contribution >= 0.6 is 0 Å². The molecule has 0 aliphatic heterocycles. The quantitative estimate of drug-likeness (QED) is 0.668. The fourth-order valence-electron chi connectivity index (χ4n) is 1.84. The van der Waals surface area contributed by atoms with Crippen molar-refractivity contribution in [2.24, 2.45) is 0 Å². The zero-order valence-corrected chi connectivity index (χ0v) is 9.37. The highest BCUT2D eigenvalue weighted by molar-refractivity contribution is 5.77. The van der Waals surface area contributed by atoms with Gasteiger partial charge in [0.2, 0.25) is 5.91 Å².